The van der Waals surface area contributed by atoms with E-state index in [9.17, 15) is 24.9 Å². The molecule has 0 amide bonds. The first-order chi connectivity index (χ1) is 18.7. The lowest BCUT2D eigenvalue weighted by Gasteiger charge is -2.56. The van der Waals surface area contributed by atoms with Crippen LogP contribution in [0.4, 0.5) is 0 Å². The van der Waals surface area contributed by atoms with Crippen LogP contribution in [0.25, 0.3) is 0 Å². The standard InChI is InChI=1S/C33H40O7/c1-17(2)8-10-21-26(35)22(11-9-18(3)4)29-25(27(21)36)28(37)23-14-20-15-24-31(6,7)40-32(30(20)38,33(23,24)39-29)13-12-19(5)16-34/h8-9,12,14,20,24,34-36H,10-11,13,15-16H2,1-7H3/b19-12+/t20-,24+,32+,33-/m1/s1. The van der Waals surface area contributed by atoms with Crippen molar-refractivity contribution in [2.75, 3.05) is 6.61 Å². The highest BCUT2D eigenvalue weighted by Gasteiger charge is 2.81. The van der Waals surface area contributed by atoms with Gasteiger partial charge in [0.15, 0.2) is 22.8 Å². The molecule has 1 saturated heterocycles. The minimum atomic E-state index is -1.49. The number of allylic oxidation sites excluding steroid dienone is 5. The van der Waals surface area contributed by atoms with Gasteiger partial charge >= 0.3 is 0 Å². The molecule has 0 radical (unpaired) electrons. The minimum absolute atomic E-state index is 0.0263. The average molecular weight is 549 g/mol. The molecular weight excluding hydrogens is 508 g/mol. The van der Waals surface area contributed by atoms with Crippen molar-refractivity contribution in [3.63, 3.8) is 0 Å². The summed E-state index contributed by atoms with van der Waals surface area (Å²) >= 11 is 0. The number of aromatic hydroxyl groups is 2. The molecule has 0 unspecified atom stereocenters. The van der Waals surface area contributed by atoms with Gasteiger partial charge in [-0.1, -0.05) is 41.0 Å². The Kier molecular flexibility index (Phi) is 6.70. The number of phenolic OH excluding ortho intramolecular Hbond substituents is 2. The first-order valence-electron chi connectivity index (χ1n) is 14.0. The molecule has 3 aliphatic carbocycles. The fourth-order valence-electron chi connectivity index (χ4n) is 7.14. The molecule has 0 aromatic heterocycles. The Hall–Kier alpha value is -3.16. The lowest BCUT2D eigenvalue weighted by Crippen LogP contribution is -2.72. The molecule has 2 heterocycles. The van der Waals surface area contributed by atoms with Crippen molar-refractivity contribution in [3.8, 4) is 17.2 Å². The fraction of sp³-hybridized carbons (Fsp3) is 0.515. The van der Waals surface area contributed by atoms with Crippen LogP contribution in [0.2, 0.25) is 0 Å². The Morgan fingerprint density at radius 2 is 1.60 bits per heavy atom. The highest BCUT2D eigenvalue weighted by molar-refractivity contribution is 6.18. The molecule has 2 aliphatic heterocycles. The Morgan fingerprint density at radius 1 is 0.975 bits per heavy atom. The predicted molar refractivity (Wildman–Crippen MR) is 152 cm³/mol. The van der Waals surface area contributed by atoms with Crippen LogP contribution in [0.5, 0.6) is 17.2 Å². The summed E-state index contributed by atoms with van der Waals surface area (Å²) < 4.78 is 13.6. The van der Waals surface area contributed by atoms with Gasteiger partial charge in [-0.3, -0.25) is 9.59 Å². The van der Waals surface area contributed by atoms with E-state index in [1.165, 1.54) is 0 Å². The lowest BCUT2D eigenvalue weighted by atomic mass is 9.51. The van der Waals surface area contributed by atoms with E-state index in [0.717, 1.165) is 11.1 Å². The third kappa shape index (κ3) is 3.77. The van der Waals surface area contributed by atoms with Crippen LogP contribution in [0.3, 0.4) is 0 Å². The topological polar surface area (TPSA) is 113 Å². The van der Waals surface area contributed by atoms with E-state index in [4.69, 9.17) is 9.47 Å². The number of ether oxygens (including phenoxy) is 2. The monoisotopic (exact) mass is 548 g/mol. The summed E-state index contributed by atoms with van der Waals surface area (Å²) in [5, 5.41) is 32.7. The number of aliphatic hydroxyl groups excluding tert-OH is 1. The second-order valence-corrected chi connectivity index (χ2v) is 12.8. The van der Waals surface area contributed by atoms with Crippen LogP contribution in [-0.4, -0.2) is 50.3 Å². The number of rotatable bonds is 7. The van der Waals surface area contributed by atoms with Gasteiger partial charge in [-0.05, 0) is 67.7 Å². The van der Waals surface area contributed by atoms with Gasteiger partial charge in [0.2, 0.25) is 0 Å². The second kappa shape index (κ2) is 9.45. The summed E-state index contributed by atoms with van der Waals surface area (Å²) in [5.74, 6) is -1.68. The molecule has 1 aromatic carbocycles. The third-order valence-corrected chi connectivity index (χ3v) is 9.11. The highest BCUT2D eigenvalue weighted by Crippen LogP contribution is 2.68. The zero-order chi connectivity index (χ0) is 29.4. The first kappa shape index (κ1) is 28.4. The fourth-order valence-corrected chi connectivity index (χ4v) is 7.14. The molecule has 3 N–H and O–H groups in total. The Balaban J connectivity index is 1.81. The molecule has 6 rings (SSSR count). The maximum Gasteiger partial charge on any atom is 0.200 e. The number of carbonyl (C=O) groups is 2. The molecule has 1 saturated carbocycles. The zero-order valence-corrected chi connectivity index (χ0v) is 24.5. The molecule has 7 nitrogen and oxygen atoms in total. The van der Waals surface area contributed by atoms with Crippen LogP contribution < -0.4 is 4.74 Å². The Bertz CT molecular complexity index is 1430. The number of Topliss-reactive ketones (excluding diaryl/α,β-unsaturated/α-hetero) is 2. The minimum Gasteiger partial charge on any atom is -0.507 e. The van der Waals surface area contributed by atoms with Crippen molar-refractivity contribution in [1.29, 1.82) is 0 Å². The van der Waals surface area contributed by atoms with Crippen molar-refractivity contribution in [2.45, 2.75) is 91.0 Å². The van der Waals surface area contributed by atoms with Crippen molar-refractivity contribution >= 4 is 11.6 Å². The third-order valence-electron chi connectivity index (χ3n) is 9.11. The van der Waals surface area contributed by atoms with E-state index in [1.54, 1.807) is 19.1 Å². The van der Waals surface area contributed by atoms with Crippen molar-refractivity contribution in [2.24, 2.45) is 11.8 Å². The number of carbonyl (C=O) groups excluding carboxylic acids is 2. The summed E-state index contributed by atoms with van der Waals surface area (Å²) in [6.45, 7) is 13.2. The van der Waals surface area contributed by atoms with Crippen molar-refractivity contribution < 1.29 is 34.4 Å². The predicted octanol–water partition coefficient (Wildman–Crippen LogP) is 5.45. The van der Waals surface area contributed by atoms with Crippen molar-refractivity contribution in [1.82, 2.24) is 0 Å². The van der Waals surface area contributed by atoms with Crippen LogP contribution in [0, 0.1) is 11.8 Å². The van der Waals surface area contributed by atoms with Gasteiger partial charge in [0.25, 0.3) is 0 Å². The SMILES string of the molecule is CC(C)=CCc1c(O)c(CC=C(C)C)c2c(c1O)C(=O)C1=C[C@@H]3C[C@H]4C(C)(C)O[C@@](C/C=C(\C)CO)(C3=O)[C@@]14O2. The zero-order valence-electron chi connectivity index (χ0n) is 24.5. The van der Waals surface area contributed by atoms with Crippen LogP contribution >= 0.6 is 0 Å². The molecular formula is C33H40O7. The van der Waals surface area contributed by atoms with Gasteiger partial charge in [0.05, 0.1) is 12.2 Å². The number of hydrogen-bond acceptors (Lipinski definition) is 7. The maximum absolute atomic E-state index is 14.5. The van der Waals surface area contributed by atoms with Crippen LogP contribution in [-0.2, 0) is 22.4 Å². The van der Waals surface area contributed by atoms with E-state index >= 15 is 0 Å². The van der Waals surface area contributed by atoms with E-state index in [2.05, 4.69) is 0 Å². The molecule has 1 aromatic rings. The highest BCUT2D eigenvalue weighted by atomic mass is 16.6. The Morgan fingerprint density at radius 3 is 2.20 bits per heavy atom. The molecule has 7 heteroatoms. The molecule has 40 heavy (non-hydrogen) atoms. The number of hydrogen-bond donors (Lipinski definition) is 3. The van der Waals surface area contributed by atoms with E-state index in [1.807, 2.05) is 53.7 Å². The molecule has 5 aliphatic rings. The summed E-state index contributed by atoms with van der Waals surface area (Å²) in [6.07, 6.45) is 8.47. The van der Waals surface area contributed by atoms with Crippen molar-refractivity contribution in [3.05, 3.63) is 63.3 Å². The number of ketones is 2. The van der Waals surface area contributed by atoms with E-state index < -0.39 is 28.5 Å². The first-order valence-corrected chi connectivity index (χ1v) is 14.0. The number of fused-ring (bicyclic) bond motifs is 1. The lowest BCUT2D eigenvalue weighted by molar-refractivity contribution is -0.171. The normalized spacial score (nSPS) is 29.4. The quantitative estimate of drug-likeness (QED) is 0.388. The van der Waals surface area contributed by atoms with E-state index in [-0.39, 0.29) is 65.9 Å². The second-order valence-electron chi connectivity index (χ2n) is 12.8. The molecule has 4 bridgehead atoms. The molecule has 2 fully saturated rings. The molecule has 1 spiro atoms. The smallest absolute Gasteiger partial charge is 0.200 e. The van der Waals surface area contributed by atoms with Gasteiger partial charge in [-0.15, -0.1) is 0 Å². The van der Waals surface area contributed by atoms with Crippen LogP contribution in [0.1, 0.15) is 82.8 Å². The van der Waals surface area contributed by atoms with Gasteiger partial charge < -0.3 is 24.8 Å². The number of benzene rings is 1. The average Bonchev–Trinajstić information content (AvgIpc) is 3.03. The summed E-state index contributed by atoms with van der Waals surface area (Å²) in [5.41, 5.74) is 0.0439. The summed E-state index contributed by atoms with van der Waals surface area (Å²) in [4.78, 5) is 28.6. The number of phenols is 2. The van der Waals surface area contributed by atoms with Gasteiger partial charge in [-0.2, -0.15) is 0 Å². The van der Waals surface area contributed by atoms with E-state index in [0.29, 0.717) is 23.1 Å². The summed E-state index contributed by atoms with van der Waals surface area (Å²) in [7, 11) is 0. The van der Waals surface area contributed by atoms with Gasteiger partial charge in [0.1, 0.15) is 22.8 Å². The largest absolute Gasteiger partial charge is 0.507 e. The van der Waals surface area contributed by atoms with Gasteiger partial charge in [-0.25, -0.2) is 0 Å². The van der Waals surface area contributed by atoms with Gasteiger partial charge in [0, 0.05) is 35.0 Å². The Labute approximate surface area is 235 Å². The molecule has 214 valence electrons. The molecule has 4 atom stereocenters. The maximum atomic E-state index is 14.5. The number of aliphatic hydroxyl groups is 1. The summed E-state index contributed by atoms with van der Waals surface area (Å²) in [6, 6.07) is 0. The van der Waals surface area contributed by atoms with Crippen LogP contribution in [0.15, 0.2) is 46.6 Å².